The van der Waals surface area contributed by atoms with Crippen molar-refractivity contribution in [1.82, 2.24) is 4.98 Å². The van der Waals surface area contributed by atoms with E-state index in [1.54, 1.807) is 36.5 Å². The predicted octanol–water partition coefficient (Wildman–Crippen LogP) is 4.43. The number of pyridine rings is 1. The van der Waals surface area contributed by atoms with Gasteiger partial charge in [-0.15, -0.1) is 0 Å². The molecule has 23 heavy (non-hydrogen) atoms. The molecule has 0 aliphatic rings. The van der Waals surface area contributed by atoms with E-state index in [0.29, 0.717) is 17.1 Å². The zero-order chi connectivity index (χ0) is 16.1. The van der Waals surface area contributed by atoms with Gasteiger partial charge in [-0.3, -0.25) is 9.78 Å². The summed E-state index contributed by atoms with van der Waals surface area (Å²) in [5, 5.41) is 2.80. The van der Waals surface area contributed by atoms with Gasteiger partial charge in [0.2, 0.25) is 0 Å². The number of nitrogens with one attached hydrogen (secondary N) is 1. The Labute approximate surface area is 134 Å². The van der Waals surface area contributed by atoms with Gasteiger partial charge in [-0.25, -0.2) is 0 Å². The van der Waals surface area contributed by atoms with E-state index in [1.165, 1.54) is 0 Å². The number of anilines is 1. The minimum atomic E-state index is -0.238. The van der Waals surface area contributed by atoms with Gasteiger partial charge in [-0.2, -0.15) is 0 Å². The van der Waals surface area contributed by atoms with E-state index >= 15 is 0 Å². The Morgan fingerprint density at radius 3 is 2.48 bits per heavy atom. The highest BCUT2D eigenvalue weighted by Crippen LogP contribution is 2.23. The molecule has 1 aromatic heterocycles. The second-order valence-corrected chi connectivity index (χ2v) is 5.11. The Kier molecular flexibility index (Phi) is 4.34. The standard InChI is InChI=1S/C19H16N2O2/c1-14-5-4-6-17(13-14)23-16-10-8-15(9-11-16)21-19(22)18-7-2-3-12-20-18/h2-13H,1H3,(H,21,22). The average Bonchev–Trinajstić information content (AvgIpc) is 2.57. The minimum Gasteiger partial charge on any atom is -0.457 e. The largest absolute Gasteiger partial charge is 0.457 e. The summed E-state index contributed by atoms with van der Waals surface area (Å²) in [6.07, 6.45) is 1.59. The van der Waals surface area contributed by atoms with Crippen LogP contribution < -0.4 is 10.1 Å². The number of rotatable bonds is 4. The van der Waals surface area contributed by atoms with Gasteiger partial charge in [-0.1, -0.05) is 18.2 Å². The van der Waals surface area contributed by atoms with Crippen molar-refractivity contribution in [1.29, 1.82) is 0 Å². The summed E-state index contributed by atoms with van der Waals surface area (Å²) in [6, 6.07) is 20.3. The molecule has 0 fully saturated rings. The second kappa shape index (κ2) is 6.75. The average molecular weight is 304 g/mol. The molecule has 0 unspecified atom stereocenters. The Balaban J connectivity index is 1.66. The summed E-state index contributed by atoms with van der Waals surface area (Å²) in [5.41, 5.74) is 2.21. The summed E-state index contributed by atoms with van der Waals surface area (Å²) >= 11 is 0. The number of aromatic nitrogens is 1. The molecule has 4 nitrogen and oxygen atoms in total. The number of carbonyl (C=O) groups excluding carboxylic acids is 1. The molecule has 1 heterocycles. The van der Waals surface area contributed by atoms with Crippen molar-refractivity contribution in [2.75, 3.05) is 5.32 Å². The molecule has 0 bridgehead atoms. The third-order valence-electron chi connectivity index (χ3n) is 3.23. The number of ether oxygens (including phenoxy) is 1. The van der Waals surface area contributed by atoms with Crippen molar-refractivity contribution >= 4 is 11.6 Å². The van der Waals surface area contributed by atoms with Crippen molar-refractivity contribution < 1.29 is 9.53 Å². The number of carbonyl (C=O) groups is 1. The van der Waals surface area contributed by atoms with Crippen LogP contribution in [-0.2, 0) is 0 Å². The molecule has 4 heteroatoms. The van der Waals surface area contributed by atoms with Crippen LogP contribution in [0, 0.1) is 6.92 Å². The van der Waals surface area contributed by atoms with Crippen molar-refractivity contribution in [3.63, 3.8) is 0 Å². The van der Waals surface area contributed by atoms with E-state index in [0.717, 1.165) is 11.3 Å². The number of amides is 1. The topological polar surface area (TPSA) is 51.2 Å². The number of benzene rings is 2. The van der Waals surface area contributed by atoms with Crippen molar-refractivity contribution in [2.24, 2.45) is 0 Å². The maximum absolute atomic E-state index is 12.0. The number of nitrogens with zero attached hydrogens (tertiary/aromatic N) is 1. The second-order valence-electron chi connectivity index (χ2n) is 5.11. The third kappa shape index (κ3) is 3.95. The monoisotopic (exact) mass is 304 g/mol. The Bertz CT molecular complexity index is 799. The lowest BCUT2D eigenvalue weighted by Gasteiger charge is -2.08. The molecule has 0 aliphatic carbocycles. The highest BCUT2D eigenvalue weighted by Gasteiger charge is 2.06. The van der Waals surface area contributed by atoms with Gasteiger partial charge < -0.3 is 10.1 Å². The molecule has 3 rings (SSSR count). The Morgan fingerprint density at radius 2 is 1.78 bits per heavy atom. The predicted molar refractivity (Wildman–Crippen MR) is 89.9 cm³/mol. The molecule has 0 radical (unpaired) electrons. The minimum absolute atomic E-state index is 0.238. The summed E-state index contributed by atoms with van der Waals surface area (Å²) in [7, 11) is 0. The van der Waals surface area contributed by atoms with Crippen molar-refractivity contribution in [3.8, 4) is 11.5 Å². The maximum atomic E-state index is 12.0. The Hall–Kier alpha value is -3.14. The molecule has 2 aromatic carbocycles. The first kappa shape index (κ1) is 14.8. The SMILES string of the molecule is Cc1cccc(Oc2ccc(NC(=O)c3ccccn3)cc2)c1. The highest BCUT2D eigenvalue weighted by molar-refractivity contribution is 6.02. The normalized spacial score (nSPS) is 10.1. The van der Waals surface area contributed by atoms with Gasteiger partial charge in [0.1, 0.15) is 17.2 Å². The van der Waals surface area contributed by atoms with Gasteiger partial charge in [0.25, 0.3) is 5.91 Å². The molecule has 0 saturated heterocycles. The lowest BCUT2D eigenvalue weighted by molar-refractivity contribution is 0.102. The van der Waals surface area contributed by atoms with E-state index in [-0.39, 0.29) is 5.91 Å². The molecule has 114 valence electrons. The van der Waals surface area contributed by atoms with E-state index < -0.39 is 0 Å². The molecular formula is C19H16N2O2. The maximum Gasteiger partial charge on any atom is 0.274 e. The fourth-order valence-electron chi connectivity index (χ4n) is 2.11. The fraction of sp³-hybridized carbons (Fsp3) is 0.0526. The summed E-state index contributed by atoms with van der Waals surface area (Å²) < 4.78 is 5.78. The molecule has 0 aliphatic heterocycles. The van der Waals surface area contributed by atoms with Gasteiger partial charge in [0.05, 0.1) is 0 Å². The van der Waals surface area contributed by atoms with Crippen LogP contribution in [0.25, 0.3) is 0 Å². The van der Waals surface area contributed by atoms with E-state index in [1.807, 2.05) is 43.3 Å². The molecule has 0 saturated carbocycles. The van der Waals surface area contributed by atoms with Crippen LogP contribution >= 0.6 is 0 Å². The van der Waals surface area contributed by atoms with E-state index in [2.05, 4.69) is 10.3 Å². The van der Waals surface area contributed by atoms with Crippen LogP contribution in [0.1, 0.15) is 16.1 Å². The van der Waals surface area contributed by atoms with Gasteiger partial charge in [-0.05, 0) is 61.0 Å². The Morgan fingerprint density at radius 1 is 0.957 bits per heavy atom. The van der Waals surface area contributed by atoms with Crippen LogP contribution in [-0.4, -0.2) is 10.9 Å². The van der Waals surface area contributed by atoms with Gasteiger partial charge >= 0.3 is 0 Å². The molecule has 0 spiro atoms. The zero-order valence-electron chi connectivity index (χ0n) is 12.7. The van der Waals surface area contributed by atoms with Crippen LogP contribution in [0.4, 0.5) is 5.69 Å². The number of hydrogen-bond donors (Lipinski definition) is 1. The van der Waals surface area contributed by atoms with Crippen LogP contribution in [0.5, 0.6) is 11.5 Å². The van der Waals surface area contributed by atoms with E-state index in [9.17, 15) is 4.79 Å². The first-order valence-electron chi connectivity index (χ1n) is 7.28. The first-order chi connectivity index (χ1) is 11.2. The van der Waals surface area contributed by atoms with Crippen molar-refractivity contribution in [2.45, 2.75) is 6.92 Å². The molecule has 3 aromatic rings. The lowest BCUT2D eigenvalue weighted by Crippen LogP contribution is -2.13. The first-order valence-corrected chi connectivity index (χ1v) is 7.28. The summed E-state index contributed by atoms with van der Waals surface area (Å²) in [4.78, 5) is 16.0. The smallest absolute Gasteiger partial charge is 0.274 e. The highest BCUT2D eigenvalue weighted by atomic mass is 16.5. The fourth-order valence-corrected chi connectivity index (χ4v) is 2.11. The van der Waals surface area contributed by atoms with Crippen LogP contribution in [0.2, 0.25) is 0 Å². The quantitative estimate of drug-likeness (QED) is 0.775. The molecule has 1 amide bonds. The van der Waals surface area contributed by atoms with E-state index in [4.69, 9.17) is 4.74 Å². The molecule has 0 atom stereocenters. The van der Waals surface area contributed by atoms with Gasteiger partial charge in [0.15, 0.2) is 0 Å². The van der Waals surface area contributed by atoms with Gasteiger partial charge in [0, 0.05) is 11.9 Å². The third-order valence-corrected chi connectivity index (χ3v) is 3.23. The lowest BCUT2D eigenvalue weighted by atomic mass is 10.2. The number of aryl methyl sites for hydroxylation is 1. The molecular weight excluding hydrogens is 288 g/mol. The summed E-state index contributed by atoms with van der Waals surface area (Å²) in [5.74, 6) is 1.26. The summed E-state index contributed by atoms with van der Waals surface area (Å²) in [6.45, 7) is 2.02. The van der Waals surface area contributed by atoms with Crippen LogP contribution in [0.15, 0.2) is 72.9 Å². The van der Waals surface area contributed by atoms with Crippen molar-refractivity contribution in [3.05, 3.63) is 84.2 Å². The zero-order valence-corrected chi connectivity index (χ0v) is 12.7. The molecule has 1 N–H and O–H groups in total. The van der Waals surface area contributed by atoms with Crippen LogP contribution in [0.3, 0.4) is 0 Å². The number of hydrogen-bond acceptors (Lipinski definition) is 3.